The maximum absolute atomic E-state index is 4.33. The molecular formula is C11H17N3. The smallest absolute Gasteiger partial charge is 0.0445 e. The van der Waals surface area contributed by atoms with Gasteiger partial charge in [-0.2, -0.15) is 0 Å². The van der Waals surface area contributed by atoms with E-state index in [0.29, 0.717) is 0 Å². The lowest BCUT2D eigenvalue weighted by Crippen LogP contribution is -2.38. The monoisotopic (exact) mass is 191 g/mol. The minimum absolute atomic E-state index is 0.902. The van der Waals surface area contributed by atoms with Crippen LogP contribution in [0.5, 0.6) is 0 Å². The quantitative estimate of drug-likeness (QED) is 0.781. The van der Waals surface area contributed by atoms with E-state index in [1.165, 1.54) is 30.8 Å². The average molecular weight is 191 g/mol. The summed E-state index contributed by atoms with van der Waals surface area (Å²) in [7, 11) is 1.97. The van der Waals surface area contributed by atoms with Crippen molar-refractivity contribution in [3.8, 4) is 0 Å². The topological polar surface area (TPSA) is 28.2 Å². The highest BCUT2D eigenvalue weighted by Crippen LogP contribution is 2.25. The Morgan fingerprint density at radius 1 is 1.50 bits per heavy atom. The van der Waals surface area contributed by atoms with Crippen molar-refractivity contribution in [1.82, 2.24) is 10.3 Å². The molecule has 0 atom stereocenters. The minimum atomic E-state index is 0.902. The zero-order chi connectivity index (χ0) is 9.97. The largest absolute Gasteiger partial charge is 0.371 e. The Morgan fingerprint density at radius 3 is 2.86 bits per heavy atom. The molecule has 1 aromatic heterocycles. The van der Waals surface area contributed by atoms with Crippen molar-refractivity contribution < 1.29 is 0 Å². The van der Waals surface area contributed by atoms with Crippen LogP contribution >= 0.6 is 0 Å². The molecule has 1 aliphatic rings. The molecule has 3 heteroatoms. The van der Waals surface area contributed by atoms with E-state index >= 15 is 0 Å². The summed E-state index contributed by atoms with van der Waals surface area (Å²) < 4.78 is 0. The molecule has 0 bridgehead atoms. The van der Waals surface area contributed by atoms with Crippen LogP contribution in [0.25, 0.3) is 0 Å². The highest BCUT2D eigenvalue weighted by molar-refractivity contribution is 5.55. The normalized spacial score (nSPS) is 15.4. The van der Waals surface area contributed by atoms with Crippen molar-refractivity contribution in [3.05, 3.63) is 23.5 Å². The number of pyridine rings is 1. The van der Waals surface area contributed by atoms with Crippen molar-refractivity contribution in [2.24, 2.45) is 0 Å². The standard InChI is InChI=1S/C11H17N3/c1-9-6-11(14-4-3-5-14)10(7-12-2)8-13-9/h6,8,12H,3-5,7H2,1-2H3. The summed E-state index contributed by atoms with van der Waals surface area (Å²) in [5.41, 5.74) is 3.77. The molecule has 0 radical (unpaired) electrons. The van der Waals surface area contributed by atoms with Crippen LogP contribution in [0.3, 0.4) is 0 Å². The first-order chi connectivity index (χ1) is 6.81. The number of hydrogen-bond donors (Lipinski definition) is 1. The molecule has 1 N–H and O–H groups in total. The van der Waals surface area contributed by atoms with Gasteiger partial charge in [-0.1, -0.05) is 0 Å². The molecule has 0 saturated carbocycles. The van der Waals surface area contributed by atoms with Gasteiger partial charge in [-0.05, 0) is 26.5 Å². The molecule has 2 rings (SSSR count). The predicted octanol–water partition coefficient (Wildman–Crippen LogP) is 1.32. The van der Waals surface area contributed by atoms with Gasteiger partial charge in [0, 0.05) is 42.8 Å². The molecule has 1 saturated heterocycles. The van der Waals surface area contributed by atoms with E-state index in [1.807, 2.05) is 20.2 Å². The lowest BCUT2D eigenvalue weighted by molar-refractivity contribution is 0.612. The van der Waals surface area contributed by atoms with Gasteiger partial charge in [0.25, 0.3) is 0 Å². The van der Waals surface area contributed by atoms with Crippen LogP contribution in [-0.4, -0.2) is 25.1 Å². The van der Waals surface area contributed by atoms with Gasteiger partial charge in [-0.25, -0.2) is 0 Å². The summed E-state index contributed by atoms with van der Waals surface area (Å²) in [6.07, 6.45) is 3.31. The van der Waals surface area contributed by atoms with E-state index in [9.17, 15) is 0 Å². The Kier molecular flexibility index (Phi) is 2.68. The summed E-state index contributed by atoms with van der Waals surface area (Å²) >= 11 is 0. The Labute approximate surface area is 85.1 Å². The molecule has 0 aliphatic carbocycles. The first-order valence-electron chi connectivity index (χ1n) is 5.16. The minimum Gasteiger partial charge on any atom is -0.371 e. The third-order valence-corrected chi connectivity index (χ3v) is 2.66. The van der Waals surface area contributed by atoms with Gasteiger partial charge in [0.2, 0.25) is 0 Å². The number of nitrogens with one attached hydrogen (secondary N) is 1. The fourth-order valence-corrected chi connectivity index (χ4v) is 1.75. The van der Waals surface area contributed by atoms with Crippen LogP contribution in [0.1, 0.15) is 17.7 Å². The number of rotatable bonds is 3. The first-order valence-corrected chi connectivity index (χ1v) is 5.16. The Bertz CT molecular complexity index is 318. The molecule has 0 spiro atoms. The van der Waals surface area contributed by atoms with E-state index in [0.717, 1.165) is 12.2 Å². The average Bonchev–Trinajstić information content (AvgIpc) is 2.07. The lowest BCUT2D eigenvalue weighted by Gasteiger charge is -2.34. The predicted molar refractivity (Wildman–Crippen MR) is 58.6 cm³/mol. The van der Waals surface area contributed by atoms with Crippen LogP contribution in [-0.2, 0) is 6.54 Å². The molecule has 0 amide bonds. The number of anilines is 1. The fourth-order valence-electron chi connectivity index (χ4n) is 1.75. The molecule has 1 fully saturated rings. The van der Waals surface area contributed by atoms with Crippen molar-refractivity contribution >= 4 is 5.69 Å². The third kappa shape index (κ3) is 1.73. The van der Waals surface area contributed by atoms with E-state index in [1.54, 1.807) is 0 Å². The Hall–Kier alpha value is -1.09. The summed E-state index contributed by atoms with van der Waals surface area (Å²) in [5.74, 6) is 0. The van der Waals surface area contributed by atoms with Gasteiger partial charge in [0.05, 0.1) is 0 Å². The zero-order valence-electron chi connectivity index (χ0n) is 8.88. The van der Waals surface area contributed by atoms with Gasteiger partial charge >= 0.3 is 0 Å². The number of nitrogens with zero attached hydrogens (tertiary/aromatic N) is 2. The van der Waals surface area contributed by atoms with E-state index in [2.05, 4.69) is 21.3 Å². The van der Waals surface area contributed by atoms with Crippen molar-refractivity contribution in [2.45, 2.75) is 19.9 Å². The highest BCUT2D eigenvalue weighted by Gasteiger charge is 2.17. The molecular weight excluding hydrogens is 174 g/mol. The van der Waals surface area contributed by atoms with Gasteiger partial charge in [-0.3, -0.25) is 4.98 Å². The number of aromatic nitrogens is 1. The summed E-state index contributed by atoms with van der Waals surface area (Å²) in [5, 5.41) is 3.18. The molecule has 0 aromatic carbocycles. The molecule has 1 aromatic rings. The van der Waals surface area contributed by atoms with Gasteiger partial charge in [0.1, 0.15) is 0 Å². The third-order valence-electron chi connectivity index (χ3n) is 2.66. The molecule has 1 aliphatic heterocycles. The molecule has 2 heterocycles. The van der Waals surface area contributed by atoms with Crippen LogP contribution in [0, 0.1) is 6.92 Å². The fraction of sp³-hybridized carbons (Fsp3) is 0.545. The Morgan fingerprint density at radius 2 is 2.29 bits per heavy atom. The molecule has 14 heavy (non-hydrogen) atoms. The maximum atomic E-state index is 4.33. The second kappa shape index (κ2) is 3.96. The van der Waals surface area contributed by atoms with Crippen LogP contribution < -0.4 is 10.2 Å². The molecule has 3 nitrogen and oxygen atoms in total. The van der Waals surface area contributed by atoms with Gasteiger partial charge < -0.3 is 10.2 Å². The van der Waals surface area contributed by atoms with Crippen molar-refractivity contribution in [1.29, 1.82) is 0 Å². The summed E-state index contributed by atoms with van der Waals surface area (Å²) in [6, 6.07) is 2.19. The van der Waals surface area contributed by atoms with Crippen LogP contribution in [0.2, 0.25) is 0 Å². The highest BCUT2D eigenvalue weighted by atomic mass is 15.2. The summed E-state index contributed by atoms with van der Waals surface area (Å²) in [4.78, 5) is 6.75. The second-order valence-corrected chi connectivity index (χ2v) is 3.83. The van der Waals surface area contributed by atoms with E-state index < -0.39 is 0 Å². The summed E-state index contributed by atoms with van der Waals surface area (Å²) in [6.45, 7) is 5.34. The second-order valence-electron chi connectivity index (χ2n) is 3.83. The van der Waals surface area contributed by atoms with Gasteiger partial charge in [-0.15, -0.1) is 0 Å². The van der Waals surface area contributed by atoms with E-state index in [4.69, 9.17) is 0 Å². The van der Waals surface area contributed by atoms with Crippen molar-refractivity contribution in [2.75, 3.05) is 25.0 Å². The molecule has 0 unspecified atom stereocenters. The van der Waals surface area contributed by atoms with Crippen molar-refractivity contribution in [3.63, 3.8) is 0 Å². The van der Waals surface area contributed by atoms with E-state index in [-0.39, 0.29) is 0 Å². The first kappa shape index (κ1) is 9.46. The number of aryl methyl sites for hydroxylation is 1. The maximum Gasteiger partial charge on any atom is 0.0445 e. The van der Waals surface area contributed by atoms with Crippen LogP contribution in [0.15, 0.2) is 12.3 Å². The van der Waals surface area contributed by atoms with Gasteiger partial charge in [0.15, 0.2) is 0 Å². The SMILES string of the molecule is CNCc1cnc(C)cc1N1CCC1. The Balaban J connectivity index is 2.27. The lowest BCUT2D eigenvalue weighted by atomic mass is 10.1. The van der Waals surface area contributed by atoms with Crippen LogP contribution in [0.4, 0.5) is 5.69 Å². The number of hydrogen-bond acceptors (Lipinski definition) is 3. The zero-order valence-corrected chi connectivity index (χ0v) is 8.88. The molecule has 76 valence electrons.